The van der Waals surface area contributed by atoms with Gasteiger partial charge in [-0.05, 0) is 40.5 Å². The molecule has 5 nitrogen and oxygen atoms in total. The second kappa shape index (κ2) is 8.27. The Hall–Kier alpha value is 0.0600. The summed E-state index contributed by atoms with van der Waals surface area (Å²) in [4.78, 5) is 23.4. The molecule has 0 atom stereocenters. The number of carbonyl (C=O) groups excluding carboxylic acids is 2. The number of ether oxygens (including phenoxy) is 1. The Kier molecular flexibility index (Phi) is 9.37. The van der Waals surface area contributed by atoms with Crippen LogP contribution < -0.4 is 0 Å². The zero-order chi connectivity index (χ0) is 13.7. The van der Waals surface area contributed by atoms with Crippen molar-refractivity contribution in [3.8, 4) is 0 Å². The molecule has 1 radical (unpaired) electrons. The van der Waals surface area contributed by atoms with Crippen molar-refractivity contribution in [2.75, 3.05) is 13.2 Å². The van der Waals surface area contributed by atoms with Gasteiger partial charge in [0.05, 0.1) is 10.8 Å². The van der Waals surface area contributed by atoms with Crippen molar-refractivity contribution in [1.82, 2.24) is 0 Å². The van der Waals surface area contributed by atoms with Crippen molar-refractivity contribution in [3.63, 3.8) is 0 Å². The van der Waals surface area contributed by atoms with Gasteiger partial charge in [-0.3, -0.25) is 9.59 Å². The molecular weight excluding hydrogens is 247 g/mol. The van der Waals surface area contributed by atoms with Gasteiger partial charge >= 0.3 is 11.9 Å². The van der Waals surface area contributed by atoms with E-state index in [9.17, 15) is 9.59 Å². The summed E-state index contributed by atoms with van der Waals surface area (Å²) in [5.74, 6) is -1.30. The molecule has 0 aromatic heterocycles. The SMILES string of the molecule is CC(C)(CCO)C(=O)OC(=O)C(C)(C)CCO.[Na]. The van der Waals surface area contributed by atoms with Gasteiger partial charge in [0.1, 0.15) is 0 Å². The molecule has 0 aromatic carbocycles. The number of rotatable bonds is 6. The Balaban J connectivity index is 0. The fourth-order valence-electron chi connectivity index (χ4n) is 1.12. The van der Waals surface area contributed by atoms with Crippen LogP contribution in [0.5, 0.6) is 0 Å². The van der Waals surface area contributed by atoms with Crippen LogP contribution in [0.2, 0.25) is 0 Å². The van der Waals surface area contributed by atoms with Crippen molar-refractivity contribution >= 4 is 41.5 Å². The monoisotopic (exact) mass is 269 g/mol. The average Bonchev–Trinajstić information content (AvgIpc) is 2.17. The van der Waals surface area contributed by atoms with E-state index in [2.05, 4.69) is 0 Å². The van der Waals surface area contributed by atoms with E-state index in [4.69, 9.17) is 14.9 Å². The van der Waals surface area contributed by atoms with Crippen molar-refractivity contribution in [2.45, 2.75) is 40.5 Å². The number of aliphatic hydroxyl groups excluding tert-OH is 2. The third kappa shape index (κ3) is 6.29. The molecule has 0 saturated carbocycles. The smallest absolute Gasteiger partial charge is 0.319 e. The zero-order valence-corrected chi connectivity index (χ0v) is 13.9. The minimum absolute atomic E-state index is 0. The normalized spacial score (nSPS) is 11.7. The Morgan fingerprint density at radius 2 is 1.17 bits per heavy atom. The van der Waals surface area contributed by atoms with Gasteiger partial charge in [0, 0.05) is 42.8 Å². The number of esters is 2. The number of aliphatic hydroxyl groups is 2. The summed E-state index contributed by atoms with van der Waals surface area (Å²) in [5, 5.41) is 17.6. The van der Waals surface area contributed by atoms with E-state index >= 15 is 0 Å². The summed E-state index contributed by atoms with van der Waals surface area (Å²) >= 11 is 0. The van der Waals surface area contributed by atoms with Crippen LogP contribution in [0.4, 0.5) is 0 Å². The third-order valence-electron chi connectivity index (χ3n) is 2.76. The second-order valence-electron chi connectivity index (χ2n) is 5.39. The average molecular weight is 269 g/mol. The Labute approximate surface area is 130 Å². The molecule has 0 bridgehead atoms. The fourth-order valence-corrected chi connectivity index (χ4v) is 1.12. The minimum Gasteiger partial charge on any atom is -0.396 e. The number of hydrogen-bond donors (Lipinski definition) is 2. The van der Waals surface area contributed by atoms with Crippen LogP contribution in [0, 0.1) is 10.8 Å². The molecule has 0 aliphatic heterocycles. The Morgan fingerprint density at radius 1 is 0.889 bits per heavy atom. The van der Waals surface area contributed by atoms with E-state index in [1.54, 1.807) is 27.7 Å². The second-order valence-corrected chi connectivity index (χ2v) is 5.39. The summed E-state index contributed by atoms with van der Waals surface area (Å²) in [7, 11) is 0. The third-order valence-corrected chi connectivity index (χ3v) is 2.76. The van der Waals surface area contributed by atoms with Crippen LogP contribution in [0.3, 0.4) is 0 Å². The number of hydrogen-bond acceptors (Lipinski definition) is 5. The van der Waals surface area contributed by atoms with Gasteiger partial charge in [0.15, 0.2) is 0 Å². The van der Waals surface area contributed by atoms with Gasteiger partial charge in [-0.2, -0.15) is 0 Å². The standard InChI is InChI=1S/C12H22O5.Na/c1-11(2,5-7-13)9(15)17-10(16)12(3,4)6-8-14;/h13-14H,5-8H2,1-4H3;. The van der Waals surface area contributed by atoms with E-state index in [0.29, 0.717) is 0 Å². The van der Waals surface area contributed by atoms with E-state index in [0.717, 1.165) is 0 Å². The van der Waals surface area contributed by atoms with E-state index in [1.165, 1.54) is 0 Å². The summed E-state index contributed by atoms with van der Waals surface area (Å²) in [6, 6.07) is 0. The first kappa shape index (κ1) is 20.4. The maximum Gasteiger partial charge on any atom is 0.319 e. The summed E-state index contributed by atoms with van der Waals surface area (Å²) < 4.78 is 4.78. The molecule has 0 aliphatic rings. The Bertz CT molecular complexity index is 258. The summed E-state index contributed by atoms with van der Waals surface area (Å²) in [5.41, 5.74) is -1.78. The van der Waals surface area contributed by atoms with Gasteiger partial charge in [-0.25, -0.2) is 0 Å². The predicted molar refractivity (Wildman–Crippen MR) is 67.8 cm³/mol. The molecule has 0 rings (SSSR count). The zero-order valence-electron chi connectivity index (χ0n) is 11.9. The predicted octanol–water partition coefficient (Wildman–Crippen LogP) is 0.493. The molecule has 0 spiro atoms. The largest absolute Gasteiger partial charge is 0.396 e. The van der Waals surface area contributed by atoms with Crippen molar-refractivity contribution in [3.05, 3.63) is 0 Å². The quantitative estimate of drug-likeness (QED) is 0.416. The Morgan fingerprint density at radius 3 is 1.39 bits per heavy atom. The minimum atomic E-state index is -0.889. The molecule has 0 unspecified atom stereocenters. The molecule has 0 aliphatic carbocycles. The van der Waals surface area contributed by atoms with Crippen LogP contribution in [-0.2, 0) is 14.3 Å². The molecule has 0 aromatic rings. The molecule has 0 saturated heterocycles. The first-order valence-electron chi connectivity index (χ1n) is 5.66. The van der Waals surface area contributed by atoms with Crippen LogP contribution in [-0.4, -0.2) is 64.9 Å². The van der Waals surface area contributed by atoms with E-state index in [1.807, 2.05) is 0 Å². The molecule has 2 N–H and O–H groups in total. The summed E-state index contributed by atoms with van der Waals surface area (Å²) in [6.07, 6.45) is 0.471. The molecule has 18 heavy (non-hydrogen) atoms. The maximum absolute atomic E-state index is 11.7. The first-order valence-corrected chi connectivity index (χ1v) is 5.66. The fraction of sp³-hybridized carbons (Fsp3) is 0.833. The topological polar surface area (TPSA) is 83.8 Å². The van der Waals surface area contributed by atoms with Gasteiger partial charge in [0.2, 0.25) is 0 Å². The van der Waals surface area contributed by atoms with Crippen molar-refractivity contribution in [2.24, 2.45) is 10.8 Å². The van der Waals surface area contributed by atoms with Gasteiger partial charge in [-0.1, -0.05) is 0 Å². The van der Waals surface area contributed by atoms with Crippen molar-refractivity contribution < 1.29 is 24.5 Å². The summed E-state index contributed by atoms with van der Waals surface area (Å²) in [6.45, 7) is 6.15. The molecule has 0 amide bonds. The molecule has 6 heteroatoms. The molecule has 0 heterocycles. The van der Waals surface area contributed by atoms with Gasteiger partial charge < -0.3 is 14.9 Å². The number of carbonyl (C=O) groups is 2. The molecular formula is C12H22NaO5. The maximum atomic E-state index is 11.7. The van der Waals surface area contributed by atoms with Crippen LogP contribution >= 0.6 is 0 Å². The molecule has 101 valence electrons. The first-order chi connectivity index (χ1) is 7.67. The van der Waals surface area contributed by atoms with E-state index < -0.39 is 22.8 Å². The van der Waals surface area contributed by atoms with Crippen LogP contribution in [0.15, 0.2) is 0 Å². The van der Waals surface area contributed by atoms with Crippen LogP contribution in [0.1, 0.15) is 40.5 Å². The molecule has 0 fully saturated rings. The van der Waals surface area contributed by atoms with Gasteiger partial charge in [-0.15, -0.1) is 0 Å². The van der Waals surface area contributed by atoms with Crippen LogP contribution in [0.25, 0.3) is 0 Å². The van der Waals surface area contributed by atoms with E-state index in [-0.39, 0.29) is 55.6 Å². The van der Waals surface area contributed by atoms with Gasteiger partial charge in [0.25, 0.3) is 0 Å². The van der Waals surface area contributed by atoms with Crippen molar-refractivity contribution in [1.29, 1.82) is 0 Å².